The predicted octanol–water partition coefficient (Wildman–Crippen LogP) is 0.944. The second-order valence-electron chi connectivity index (χ2n) is 5.68. The van der Waals surface area contributed by atoms with Gasteiger partial charge in [0.2, 0.25) is 0 Å². The number of nitrogens with zero attached hydrogens (tertiary/aromatic N) is 3. The first-order valence-corrected chi connectivity index (χ1v) is 8.47. The number of thiazole rings is 1. The molecule has 1 saturated heterocycles. The van der Waals surface area contributed by atoms with Crippen molar-refractivity contribution in [1.82, 2.24) is 14.5 Å². The molecule has 0 amide bonds. The first kappa shape index (κ1) is 17.5. The molecule has 1 aliphatic rings. The smallest absolute Gasteiger partial charge is 0.311 e. The number of carbonyl (C=O) groups is 2. The minimum atomic E-state index is -0.833. The molecular weight excluding hydrogens is 350 g/mol. The number of esters is 2. The summed E-state index contributed by atoms with van der Waals surface area (Å²) in [7, 11) is 0. The van der Waals surface area contributed by atoms with Crippen LogP contribution in [0.25, 0.3) is 10.3 Å². The minimum Gasteiger partial charge on any atom is -0.463 e. The number of carbonyl (C=O) groups excluding carboxylic acids is 2. The molecule has 1 aliphatic heterocycles. The van der Waals surface area contributed by atoms with E-state index in [1.807, 2.05) is 0 Å². The third kappa shape index (κ3) is 3.69. The number of fused-ring (bicyclic) bond motifs is 1. The van der Waals surface area contributed by atoms with Crippen molar-refractivity contribution in [2.45, 2.75) is 45.6 Å². The lowest BCUT2D eigenvalue weighted by molar-refractivity contribution is -0.152. The Hall–Kier alpha value is -2.33. The van der Waals surface area contributed by atoms with Gasteiger partial charge in [0, 0.05) is 20.3 Å². The zero-order valence-corrected chi connectivity index (χ0v) is 14.7. The molecule has 9 nitrogen and oxygen atoms in total. The number of aromatic nitrogens is 3. The summed E-state index contributed by atoms with van der Waals surface area (Å²) >= 11 is 0.991. The number of aryl methyl sites for hydroxylation is 1. The highest BCUT2D eigenvalue weighted by Gasteiger charge is 2.41. The summed E-state index contributed by atoms with van der Waals surface area (Å²) in [5, 5.41) is 0. The van der Waals surface area contributed by atoms with Crippen molar-refractivity contribution < 1.29 is 23.8 Å². The molecule has 0 saturated carbocycles. The summed E-state index contributed by atoms with van der Waals surface area (Å²) in [5.74, 6) is -0.403. The maximum Gasteiger partial charge on any atom is 0.311 e. The van der Waals surface area contributed by atoms with E-state index in [0.29, 0.717) is 22.6 Å². The third-order valence-corrected chi connectivity index (χ3v) is 4.55. The van der Waals surface area contributed by atoms with E-state index < -0.39 is 30.4 Å². The second-order valence-corrected chi connectivity index (χ2v) is 6.67. The molecule has 134 valence electrons. The topological polar surface area (TPSA) is 110 Å². The fourth-order valence-corrected chi connectivity index (χ4v) is 3.54. The van der Waals surface area contributed by atoms with Crippen LogP contribution in [0.2, 0.25) is 0 Å². The molecule has 2 aromatic heterocycles. The summed E-state index contributed by atoms with van der Waals surface area (Å²) in [4.78, 5) is 43.0. The van der Waals surface area contributed by atoms with E-state index in [1.165, 1.54) is 18.4 Å². The van der Waals surface area contributed by atoms with Gasteiger partial charge in [-0.1, -0.05) is 11.3 Å². The van der Waals surface area contributed by atoms with E-state index >= 15 is 0 Å². The van der Waals surface area contributed by atoms with Crippen LogP contribution in [0.15, 0.2) is 11.0 Å². The molecule has 0 aromatic carbocycles. The van der Waals surface area contributed by atoms with Crippen LogP contribution in [0, 0.1) is 6.92 Å². The average molecular weight is 367 g/mol. The molecule has 0 radical (unpaired) electrons. The van der Waals surface area contributed by atoms with Gasteiger partial charge in [-0.25, -0.2) is 9.97 Å². The Labute approximate surface area is 146 Å². The lowest BCUT2D eigenvalue weighted by atomic mass is 10.2. The number of hydrogen-bond donors (Lipinski definition) is 0. The number of hydrogen-bond acceptors (Lipinski definition) is 9. The van der Waals surface area contributed by atoms with Crippen molar-refractivity contribution in [3.63, 3.8) is 0 Å². The van der Waals surface area contributed by atoms with E-state index in [-0.39, 0.29) is 11.5 Å². The Balaban J connectivity index is 1.96. The monoisotopic (exact) mass is 367 g/mol. The van der Waals surface area contributed by atoms with E-state index in [0.717, 1.165) is 11.3 Å². The summed E-state index contributed by atoms with van der Waals surface area (Å²) in [6.07, 6.45) is -0.107. The predicted molar refractivity (Wildman–Crippen MR) is 87.1 cm³/mol. The van der Waals surface area contributed by atoms with Gasteiger partial charge in [0.25, 0.3) is 0 Å². The Bertz CT molecular complexity index is 876. The molecule has 0 bridgehead atoms. The van der Waals surface area contributed by atoms with Gasteiger partial charge in [-0.05, 0) is 6.92 Å². The lowest BCUT2D eigenvalue weighted by Gasteiger charge is -2.19. The van der Waals surface area contributed by atoms with Crippen LogP contribution < -0.4 is 4.87 Å². The SMILES string of the molecule is CC(=O)OC[C@@H]1C[C@@H](OC(C)=O)[C@H](n2c(=O)sc3cnc(C)nc32)O1. The van der Waals surface area contributed by atoms with Crippen LogP contribution in [-0.4, -0.2) is 45.3 Å². The summed E-state index contributed by atoms with van der Waals surface area (Å²) in [6, 6.07) is 0. The van der Waals surface area contributed by atoms with Crippen molar-refractivity contribution in [3.05, 3.63) is 21.7 Å². The van der Waals surface area contributed by atoms with Gasteiger partial charge in [-0.3, -0.25) is 19.0 Å². The van der Waals surface area contributed by atoms with Gasteiger partial charge in [0.1, 0.15) is 18.5 Å². The normalized spacial score (nSPS) is 22.9. The molecular formula is C15H17N3O6S. The minimum absolute atomic E-state index is 0.0223. The highest BCUT2D eigenvalue weighted by molar-refractivity contribution is 7.16. The maximum absolute atomic E-state index is 12.4. The molecule has 25 heavy (non-hydrogen) atoms. The number of rotatable bonds is 4. The summed E-state index contributed by atoms with van der Waals surface area (Å²) < 4.78 is 18.1. The Morgan fingerprint density at radius 1 is 1.40 bits per heavy atom. The maximum atomic E-state index is 12.4. The Morgan fingerprint density at radius 2 is 2.16 bits per heavy atom. The molecule has 2 aromatic rings. The fourth-order valence-electron chi connectivity index (χ4n) is 2.73. The Kier molecular flexibility index (Phi) is 4.82. The molecule has 0 unspecified atom stereocenters. The standard InChI is InChI=1S/C15H17N3O6S/c1-7-16-5-12-13(17-7)18(15(21)25-12)14-11(23-9(3)20)4-10(24-14)6-22-8(2)19/h5,10-11,14H,4,6H2,1-3H3/t10-,11+,14+/m0/s1. The van der Waals surface area contributed by atoms with Crippen LogP contribution >= 0.6 is 11.3 Å². The molecule has 3 heterocycles. The lowest BCUT2D eigenvalue weighted by Crippen LogP contribution is -2.30. The number of ether oxygens (including phenoxy) is 3. The van der Waals surface area contributed by atoms with Crippen LogP contribution in [0.5, 0.6) is 0 Å². The fraction of sp³-hybridized carbons (Fsp3) is 0.533. The van der Waals surface area contributed by atoms with E-state index in [9.17, 15) is 14.4 Å². The van der Waals surface area contributed by atoms with Crippen molar-refractivity contribution in [3.8, 4) is 0 Å². The average Bonchev–Trinajstić information content (AvgIpc) is 3.04. The highest BCUT2D eigenvalue weighted by Crippen LogP contribution is 2.33. The first-order valence-electron chi connectivity index (χ1n) is 7.66. The molecule has 1 fully saturated rings. The molecule has 10 heteroatoms. The van der Waals surface area contributed by atoms with Crippen LogP contribution in [0.4, 0.5) is 0 Å². The molecule has 0 aliphatic carbocycles. The Morgan fingerprint density at radius 3 is 2.84 bits per heavy atom. The van der Waals surface area contributed by atoms with Crippen molar-refractivity contribution in [1.29, 1.82) is 0 Å². The van der Waals surface area contributed by atoms with Crippen LogP contribution in [-0.2, 0) is 23.8 Å². The third-order valence-electron chi connectivity index (χ3n) is 3.67. The first-order chi connectivity index (χ1) is 11.8. The second kappa shape index (κ2) is 6.89. The van der Waals surface area contributed by atoms with Gasteiger partial charge in [0.05, 0.1) is 17.0 Å². The van der Waals surface area contributed by atoms with Gasteiger partial charge in [0.15, 0.2) is 11.9 Å². The summed E-state index contributed by atoms with van der Waals surface area (Å²) in [6.45, 7) is 4.33. The van der Waals surface area contributed by atoms with Crippen molar-refractivity contribution >= 4 is 33.6 Å². The van der Waals surface area contributed by atoms with Gasteiger partial charge >= 0.3 is 16.8 Å². The van der Waals surface area contributed by atoms with Crippen molar-refractivity contribution in [2.75, 3.05) is 6.61 Å². The van der Waals surface area contributed by atoms with Gasteiger partial charge < -0.3 is 14.2 Å². The zero-order valence-electron chi connectivity index (χ0n) is 13.9. The largest absolute Gasteiger partial charge is 0.463 e. The van der Waals surface area contributed by atoms with Gasteiger partial charge in [-0.15, -0.1) is 0 Å². The van der Waals surface area contributed by atoms with E-state index in [4.69, 9.17) is 14.2 Å². The van der Waals surface area contributed by atoms with E-state index in [2.05, 4.69) is 9.97 Å². The zero-order chi connectivity index (χ0) is 18.1. The van der Waals surface area contributed by atoms with Crippen molar-refractivity contribution in [2.24, 2.45) is 0 Å². The van der Waals surface area contributed by atoms with Gasteiger partial charge in [-0.2, -0.15) is 0 Å². The highest BCUT2D eigenvalue weighted by atomic mass is 32.1. The van der Waals surface area contributed by atoms with Crippen LogP contribution in [0.3, 0.4) is 0 Å². The molecule has 3 rings (SSSR count). The van der Waals surface area contributed by atoms with Crippen LogP contribution in [0.1, 0.15) is 32.3 Å². The summed E-state index contributed by atoms with van der Waals surface area (Å²) in [5.41, 5.74) is 0.429. The van der Waals surface area contributed by atoms with E-state index in [1.54, 1.807) is 13.1 Å². The quantitative estimate of drug-likeness (QED) is 0.735. The molecule has 0 N–H and O–H groups in total. The molecule has 0 spiro atoms. The molecule has 3 atom stereocenters.